The molecule has 0 aromatic heterocycles. The Hall–Kier alpha value is -1.44. The van der Waals surface area contributed by atoms with Gasteiger partial charge in [0.05, 0.1) is 6.54 Å². The molecular weight excluding hydrogens is 140 g/mol. The number of benzene rings is 1. The predicted octanol–water partition coefficient (Wildman–Crippen LogP) is 1.68. The van der Waals surface area contributed by atoms with Gasteiger partial charge in [0.25, 0.3) is 0 Å². The number of isocyanates is 1. The lowest BCUT2D eigenvalue weighted by atomic mass is 10.2. The third-order valence-electron chi connectivity index (χ3n) is 1.17. The first-order valence-electron chi connectivity index (χ1n) is 3.01. The molecule has 0 spiro atoms. The van der Waals surface area contributed by atoms with Crippen LogP contribution in [-0.4, -0.2) is 6.08 Å². The van der Waals surface area contributed by atoms with Gasteiger partial charge in [0, 0.05) is 0 Å². The average Bonchev–Trinajstić information content (AvgIpc) is 2.03. The van der Waals surface area contributed by atoms with E-state index in [2.05, 4.69) is 4.99 Å². The number of carbonyl (C=O) groups excluding carboxylic acids is 1. The molecule has 3 heteroatoms. The van der Waals surface area contributed by atoms with Gasteiger partial charge in [-0.3, -0.25) is 0 Å². The van der Waals surface area contributed by atoms with Crippen molar-refractivity contribution in [1.82, 2.24) is 6.15 Å². The molecule has 0 fully saturated rings. The third kappa shape index (κ3) is 3.30. The Morgan fingerprint density at radius 2 is 1.91 bits per heavy atom. The van der Waals surface area contributed by atoms with Crippen LogP contribution in [0.15, 0.2) is 35.3 Å². The van der Waals surface area contributed by atoms with E-state index in [0.29, 0.717) is 6.54 Å². The van der Waals surface area contributed by atoms with Crippen molar-refractivity contribution < 1.29 is 4.79 Å². The van der Waals surface area contributed by atoms with Crippen molar-refractivity contribution in [2.75, 3.05) is 0 Å². The SMILES string of the molecule is N.O=C=NCc1ccccc1. The fourth-order valence-corrected chi connectivity index (χ4v) is 0.707. The van der Waals surface area contributed by atoms with Crippen molar-refractivity contribution in [3.05, 3.63) is 35.9 Å². The highest BCUT2D eigenvalue weighted by Gasteiger charge is 1.84. The van der Waals surface area contributed by atoms with E-state index in [-0.39, 0.29) is 6.15 Å². The van der Waals surface area contributed by atoms with Crippen LogP contribution in [-0.2, 0) is 11.3 Å². The van der Waals surface area contributed by atoms with E-state index in [9.17, 15) is 4.79 Å². The lowest BCUT2D eigenvalue weighted by Gasteiger charge is -1.89. The van der Waals surface area contributed by atoms with Crippen molar-refractivity contribution in [3.63, 3.8) is 0 Å². The highest BCUT2D eigenvalue weighted by molar-refractivity contribution is 5.33. The fourth-order valence-electron chi connectivity index (χ4n) is 0.707. The highest BCUT2D eigenvalue weighted by Crippen LogP contribution is 1.98. The molecule has 0 unspecified atom stereocenters. The zero-order chi connectivity index (χ0) is 7.23. The summed E-state index contributed by atoms with van der Waals surface area (Å²) in [6.07, 6.45) is 1.49. The summed E-state index contributed by atoms with van der Waals surface area (Å²) in [5.74, 6) is 0. The van der Waals surface area contributed by atoms with Crippen LogP contribution < -0.4 is 6.15 Å². The topological polar surface area (TPSA) is 64.4 Å². The lowest BCUT2D eigenvalue weighted by Crippen LogP contribution is -1.77. The van der Waals surface area contributed by atoms with Gasteiger partial charge in [-0.05, 0) is 5.56 Å². The summed E-state index contributed by atoms with van der Waals surface area (Å²) < 4.78 is 0. The van der Waals surface area contributed by atoms with Crippen molar-refractivity contribution in [3.8, 4) is 0 Å². The van der Waals surface area contributed by atoms with Gasteiger partial charge in [-0.2, -0.15) is 0 Å². The Morgan fingerprint density at radius 3 is 2.45 bits per heavy atom. The normalized spacial score (nSPS) is 7.64. The molecule has 0 bridgehead atoms. The second kappa shape index (κ2) is 5.35. The summed E-state index contributed by atoms with van der Waals surface area (Å²) in [7, 11) is 0. The zero-order valence-corrected chi connectivity index (χ0v) is 6.16. The van der Waals surface area contributed by atoms with Gasteiger partial charge in [-0.1, -0.05) is 30.3 Å². The van der Waals surface area contributed by atoms with Crippen LogP contribution in [0.2, 0.25) is 0 Å². The summed E-state index contributed by atoms with van der Waals surface area (Å²) >= 11 is 0. The molecule has 0 aliphatic carbocycles. The molecule has 0 saturated heterocycles. The maximum atomic E-state index is 9.69. The molecular formula is C8H10N2O. The minimum absolute atomic E-state index is 0. The second-order valence-corrected chi connectivity index (χ2v) is 1.89. The first kappa shape index (κ1) is 9.56. The van der Waals surface area contributed by atoms with Crippen molar-refractivity contribution in [2.45, 2.75) is 6.54 Å². The Bertz CT molecular complexity index is 240. The molecule has 0 atom stereocenters. The summed E-state index contributed by atoms with van der Waals surface area (Å²) in [5.41, 5.74) is 1.03. The van der Waals surface area contributed by atoms with E-state index >= 15 is 0 Å². The Labute approximate surface area is 65.4 Å². The molecule has 0 radical (unpaired) electrons. The van der Waals surface area contributed by atoms with Crippen LogP contribution in [0.25, 0.3) is 0 Å². The van der Waals surface area contributed by atoms with Gasteiger partial charge in [0.2, 0.25) is 6.08 Å². The average molecular weight is 150 g/mol. The smallest absolute Gasteiger partial charge is 0.235 e. The largest absolute Gasteiger partial charge is 0.344 e. The minimum Gasteiger partial charge on any atom is -0.344 e. The quantitative estimate of drug-likeness (QED) is 0.515. The van der Waals surface area contributed by atoms with Gasteiger partial charge in [-0.15, -0.1) is 0 Å². The van der Waals surface area contributed by atoms with Crippen LogP contribution in [0.3, 0.4) is 0 Å². The monoisotopic (exact) mass is 150 g/mol. The molecule has 1 aromatic carbocycles. The standard InChI is InChI=1S/C8H7NO.H3N/c10-7-9-6-8-4-2-1-3-5-8;/h1-5H,6H2;1H3. The molecule has 1 aromatic rings. The Balaban J connectivity index is 0.000001000. The van der Waals surface area contributed by atoms with Gasteiger partial charge < -0.3 is 6.15 Å². The fraction of sp³-hybridized carbons (Fsp3) is 0.125. The Morgan fingerprint density at radius 1 is 1.27 bits per heavy atom. The molecule has 3 N–H and O–H groups in total. The molecule has 11 heavy (non-hydrogen) atoms. The zero-order valence-electron chi connectivity index (χ0n) is 6.16. The van der Waals surface area contributed by atoms with Crippen molar-refractivity contribution in [1.29, 1.82) is 0 Å². The van der Waals surface area contributed by atoms with Gasteiger partial charge >= 0.3 is 0 Å². The van der Waals surface area contributed by atoms with Crippen LogP contribution in [0.4, 0.5) is 0 Å². The van der Waals surface area contributed by atoms with E-state index in [0.717, 1.165) is 5.56 Å². The first-order valence-corrected chi connectivity index (χ1v) is 3.01. The molecule has 0 aliphatic heterocycles. The van der Waals surface area contributed by atoms with E-state index in [1.165, 1.54) is 6.08 Å². The number of aliphatic imine (C=N–C) groups is 1. The second-order valence-electron chi connectivity index (χ2n) is 1.89. The van der Waals surface area contributed by atoms with Gasteiger partial charge in [0.15, 0.2) is 0 Å². The maximum absolute atomic E-state index is 9.69. The predicted molar refractivity (Wildman–Crippen MR) is 43.3 cm³/mol. The number of nitrogens with zero attached hydrogens (tertiary/aromatic N) is 1. The van der Waals surface area contributed by atoms with Crippen LogP contribution >= 0.6 is 0 Å². The summed E-state index contributed by atoms with van der Waals surface area (Å²) in [6.45, 7) is 0.435. The Kier molecular flexibility index (Phi) is 4.65. The van der Waals surface area contributed by atoms with Gasteiger partial charge in [0.1, 0.15) is 0 Å². The van der Waals surface area contributed by atoms with Gasteiger partial charge in [-0.25, -0.2) is 9.79 Å². The molecule has 58 valence electrons. The lowest BCUT2D eigenvalue weighted by molar-refractivity contribution is 0.563. The number of hydrogen-bond acceptors (Lipinski definition) is 3. The highest BCUT2D eigenvalue weighted by atomic mass is 16.1. The molecule has 0 saturated carbocycles. The van der Waals surface area contributed by atoms with Crippen LogP contribution in [0, 0.1) is 0 Å². The minimum atomic E-state index is 0. The van der Waals surface area contributed by atoms with Crippen molar-refractivity contribution >= 4 is 6.08 Å². The maximum Gasteiger partial charge on any atom is 0.235 e. The van der Waals surface area contributed by atoms with Crippen molar-refractivity contribution in [2.24, 2.45) is 4.99 Å². The first-order chi connectivity index (χ1) is 4.93. The van der Waals surface area contributed by atoms with Crippen LogP contribution in [0.1, 0.15) is 5.56 Å². The summed E-state index contributed by atoms with van der Waals surface area (Å²) in [4.78, 5) is 13.1. The number of rotatable bonds is 2. The van der Waals surface area contributed by atoms with E-state index in [1.54, 1.807) is 0 Å². The van der Waals surface area contributed by atoms with Crippen LogP contribution in [0.5, 0.6) is 0 Å². The van der Waals surface area contributed by atoms with E-state index in [4.69, 9.17) is 0 Å². The molecule has 0 heterocycles. The summed E-state index contributed by atoms with van der Waals surface area (Å²) in [6, 6.07) is 9.58. The van der Waals surface area contributed by atoms with E-state index in [1.807, 2.05) is 30.3 Å². The molecule has 0 aliphatic rings. The molecule has 0 amide bonds. The third-order valence-corrected chi connectivity index (χ3v) is 1.17. The molecule has 3 nitrogen and oxygen atoms in total. The summed E-state index contributed by atoms with van der Waals surface area (Å²) in [5, 5.41) is 0. The molecule has 1 rings (SSSR count). The van der Waals surface area contributed by atoms with E-state index < -0.39 is 0 Å². The number of hydrogen-bond donors (Lipinski definition) is 1.